The topological polar surface area (TPSA) is 18.5 Å². The Morgan fingerprint density at radius 2 is 2.06 bits per heavy atom. The molecule has 0 aromatic rings. The van der Waals surface area contributed by atoms with Gasteiger partial charge in [-0.2, -0.15) is 0 Å². The molecule has 2 fully saturated rings. The molecule has 0 aromatic heterocycles. The Kier molecular flexibility index (Phi) is 4.83. The van der Waals surface area contributed by atoms with Crippen LogP contribution in [0.5, 0.6) is 0 Å². The van der Waals surface area contributed by atoms with Gasteiger partial charge < -0.3 is 15.1 Å². The lowest BCUT2D eigenvalue weighted by Crippen LogP contribution is -2.52. The Labute approximate surface area is 107 Å². The monoisotopic (exact) mass is 239 g/mol. The summed E-state index contributed by atoms with van der Waals surface area (Å²) in [6.07, 6.45) is 2.72. The molecule has 0 saturated carbocycles. The van der Waals surface area contributed by atoms with Crippen LogP contribution in [0.3, 0.4) is 0 Å². The first-order valence-corrected chi connectivity index (χ1v) is 7.27. The maximum absolute atomic E-state index is 3.66. The molecule has 2 heterocycles. The lowest BCUT2D eigenvalue weighted by molar-refractivity contribution is 0.163. The van der Waals surface area contributed by atoms with Crippen LogP contribution >= 0.6 is 0 Å². The highest BCUT2D eigenvalue weighted by Gasteiger charge is 2.25. The average Bonchev–Trinajstić information content (AvgIpc) is 2.63. The highest BCUT2D eigenvalue weighted by atomic mass is 15.2. The molecular formula is C14H29N3. The first-order valence-electron chi connectivity index (χ1n) is 7.27. The second-order valence-electron chi connectivity index (χ2n) is 6.46. The van der Waals surface area contributed by atoms with Crippen molar-refractivity contribution in [3.8, 4) is 0 Å². The highest BCUT2D eigenvalue weighted by molar-refractivity contribution is 4.83. The van der Waals surface area contributed by atoms with Crippen LogP contribution in [0.25, 0.3) is 0 Å². The van der Waals surface area contributed by atoms with Gasteiger partial charge in [0.15, 0.2) is 0 Å². The third-order valence-corrected chi connectivity index (χ3v) is 4.10. The summed E-state index contributed by atoms with van der Waals surface area (Å²) in [5, 5.41) is 3.66. The summed E-state index contributed by atoms with van der Waals surface area (Å²) in [6.45, 7) is 12.3. The van der Waals surface area contributed by atoms with Gasteiger partial charge in [-0.3, -0.25) is 0 Å². The van der Waals surface area contributed by atoms with Crippen LogP contribution in [0.2, 0.25) is 0 Å². The van der Waals surface area contributed by atoms with Crippen molar-refractivity contribution in [1.82, 2.24) is 15.1 Å². The molecule has 100 valence electrons. The molecule has 0 spiro atoms. The van der Waals surface area contributed by atoms with E-state index >= 15 is 0 Å². The Hall–Kier alpha value is -0.120. The van der Waals surface area contributed by atoms with Crippen LogP contribution in [-0.2, 0) is 0 Å². The van der Waals surface area contributed by atoms with E-state index in [4.69, 9.17) is 0 Å². The number of hydrogen-bond acceptors (Lipinski definition) is 3. The maximum Gasteiger partial charge on any atom is 0.0198 e. The molecule has 1 N–H and O–H groups in total. The van der Waals surface area contributed by atoms with Gasteiger partial charge in [-0.1, -0.05) is 13.8 Å². The summed E-state index contributed by atoms with van der Waals surface area (Å²) >= 11 is 0. The van der Waals surface area contributed by atoms with Crippen LogP contribution in [0, 0.1) is 11.8 Å². The molecule has 2 rings (SSSR count). The van der Waals surface area contributed by atoms with E-state index in [1.54, 1.807) is 0 Å². The van der Waals surface area contributed by atoms with Gasteiger partial charge in [0.25, 0.3) is 0 Å². The standard InChI is InChI=1S/C14H29N3/c1-12(2)8-14-11-17(7-5-15-14)10-13-4-6-16(3)9-13/h12-15H,4-11H2,1-3H3. The lowest BCUT2D eigenvalue weighted by Gasteiger charge is -2.35. The minimum Gasteiger partial charge on any atom is -0.311 e. The SMILES string of the molecule is CC(C)CC1CN(CC2CCN(C)C2)CCN1. The first-order chi connectivity index (χ1) is 8.13. The molecule has 0 aliphatic carbocycles. The minimum absolute atomic E-state index is 0.725. The van der Waals surface area contributed by atoms with Gasteiger partial charge in [-0.15, -0.1) is 0 Å². The normalized spacial score (nSPS) is 32.5. The predicted molar refractivity (Wildman–Crippen MR) is 73.3 cm³/mol. The van der Waals surface area contributed by atoms with Crippen LogP contribution in [-0.4, -0.2) is 62.2 Å². The van der Waals surface area contributed by atoms with Gasteiger partial charge in [0.05, 0.1) is 0 Å². The fourth-order valence-electron chi connectivity index (χ4n) is 3.33. The molecule has 17 heavy (non-hydrogen) atoms. The summed E-state index contributed by atoms with van der Waals surface area (Å²) in [5.74, 6) is 1.72. The number of hydrogen-bond donors (Lipinski definition) is 1. The number of nitrogens with one attached hydrogen (secondary N) is 1. The second-order valence-corrected chi connectivity index (χ2v) is 6.46. The van der Waals surface area contributed by atoms with E-state index in [1.165, 1.54) is 52.1 Å². The molecule has 2 atom stereocenters. The first kappa shape index (κ1) is 13.3. The minimum atomic E-state index is 0.725. The summed E-state index contributed by atoms with van der Waals surface area (Å²) in [4.78, 5) is 5.16. The second kappa shape index (κ2) is 6.17. The van der Waals surface area contributed by atoms with Crippen molar-refractivity contribution >= 4 is 0 Å². The zero-order valence-corrected chi connectivity index (χ0v) is 11.8. The Morgan fingerprint density at radius 3 is 2.71 bits per heavy atom. The van der Waals surface area contributed by atoms with E-state index in [1.807, 2.05) is 0 Å². The molecule has 2 saturated heterocycles. The Morgan fingerprint density at radius 1 is 1.24 bits per heavy atom. The third-order valence-electron chi connectivity index (χ3n) is 4.10. The van der Waals surface area contributed by atoms with Crippen LogP contribution in [0.4, 0.5) is 0 Å². The van der Waals surface area contributed by atoms with E-state index in [2.05, 4.69) is 36.0 Å². The molecule has 0 bridgehead atoms. The molecule has 2 unspecified atom stereocenters. The number of rotatable bonds is 4. The zero-order chi connectivity index (χ0) is 12.3. The Balaban J connectivity index is 1.73. The zero-order valence-electron chi connectivity index (χ0n) is 11.8. The molecule has 0 amide bonds. The van der Waals surface area contributed by atoms with Crippen molar-refractivity contribution in [3.63, 3.8) is 0 Å². The Bertz CT molecular complexity index is 230. The molecule has 3 nitrogen and oxygen atoms in total. The van der Waals surface area contributed by atoms with Gasteiger partial charge >= 0.3 is 0 Å². The van der Waals surface area contributed by atoms with E-state index in [0.717, 1.165) is 17.9 Å². The summed E-state index contributed by atoms with van der Waals surface area (Å²) < 4.78 is 0. The predicted octanol–water partition coefficient (Wildman–Crippen LogP) is 1.26. The van der Waals surface area contributed by atoms with E-state index in [0.29, 0.717) is 0 Å². The van der Waals surface area contributed by atoms with E-state index < -0.39 is 0 Å². The number of piperazine rings is 1. The van der Waals surface area contributed by atoms with Crippen LogP contribution in [0.15, 0.2) is 0 Å². The number of nitrogens with zero attached hydrogens (tertiary/aromatic N) is 2. The van der Waals surface area contributed by atoms with Gasteiger partial charge in [0.1, 0.15) is 0 Å². The van der Waals surface area contributed by atoms with Crippen molar-refractivity contribution in [2.75, 3.05) is 46.3 Å². The highest BCUT2D eigenvalue weighted by Crippen LogP contribution is 2.17. The smallest absolute Gasteiger partial charge is 0.0198 e. The van der Waals surface area contributed by atoms with Crippen molar-refractivity contribution < 1.29 is 0 Å². The fourth-order valence-corrected chi connectivity index (χ4v) is 3.33. The van der Waals surface area contributed by atoms with Crippen LogP contribution < -0.4 is 5.32 Å². The van der Waals surface area contributed by atoms with Crippen LogP contribution in [0.1, 0.15) is 26.7 Å². The van der Waals surface area contributed by atoms with E-state index in [9.17, 15) is 0 Å². The van der Waals surface area contributed by atoms with Crippen molar-refractivity contribution in [2.24, 2.45) is 11.8 Å². The third kappa shape index (κ3) is 4.23. The maximum atomic E-state index is 3.66. The molecule has 2 aliphatic heterocycles. The molecule has 0 aromatic carbocycles. The van der Waals surface area contributed by atoms with Gasteiger partial charge in [0, 0.05) is 38.8 Å². The quantitative estimate of drug-likeness (QED) is 0.797. The van der Waals surface area contributed by atoms with Gasteiger partial charge in [-0.05, 0) is 38.3 Å². The molecular weight excluding hydrogens is 210 g/mol. The lowest BCUT2D eigenvalue weighted by atomic mass is 10.0. The summed E-state index contributed by atoms with van der Waals surface area (Å²) in [6, 6.07) is 0.725. The van der Waals surface area contributed by atoms with Gasteiger partial charge in [-0.25, -0.2) is 0 Å². The van der Waals surface area contributed by atoms with Gasteiger partial charge in [0.2, 0.25) is 0 Å². The van der Waals surface area contributed by atoms with E-state index in [-0.39, 0.29) is 0 Å². The average molecular weight is 239 g/mol. The van der Waals surface area contributed by atoms with Crippen molar-refractivity contribution in [2.45, 2.75) is 32.7 Å². The summed E-state index contributed by atoms with van der Waals surface area (Å²) in [7, 11) is 2.25. The molecule has 3 heteroatoms. The molecule has 0 radical (unpaired) electrons. The van der Waals surface area contributed by atoms with Crippen molar-refractivity contribution in [1.29, 1.82) is 0 Å². The fraction of sp³-hybridized carbons (Fsp3) is 1.00. The summed E-state index contributed by atoms with van der Waals surface area (Å²) in [5.41, 5.74) is 0. The van der Waals surface area contributed by atoms with Crippen molar-refractivity contribution in [3.05, 3.63) is 0 Å². The number of likely N-dealkylation sites (tertiary alicyclic amines) is 1. The largest absolute Gasteiger partial charge is 0.311 e. The molecule has 2 aliphatic rings.